The normalized spacial score (nSPS) is 22.5. The lowest BCUT2D eigenvalue weighted by atomic mass is 9.99. The molecule has 3 rings (SSSR count). The van der Waals surface area contributed by atoms with Crippen molar-refractivity contribution in [1.29, 1.82) is 0 Å². The van der Waals surface area contributed by atoms with Gasteiger partial charge in [0, 0.05) is 23.9 Å². The first-order chi connectivity index (χ1) is 13.2. The Labute approximate surface area is 170 Å². The van der Waals surface area contributed by atoms with Crippen molar-refractivity contribution in [3.05, 3.63) is 82.9 Å². The molecule has 0 amide bonds. The second-order valence-electron chi connectivity index (χ2n) is 6.89. The summed E-state index contributed by atoms with van der Waals surface area (Å²) < 4.78 is 19.2. The molecule has 144 valence electrons. The van der Waals surface area contributed by atoms with Gasteiger partial charge in [0.05, 0.1) is 31.5 Å². The maximum Gasteiger partial charge on any atom is 0.0781 e. The van der Waals surface area contributed by atoms with Gasteiger partial charge in [0.2, 0.25) is 0 Å². The minimum Gasteiger partial charge on any atom is -0.377 e. The van der Waals surface area contributed by atoms with Gasteiger partial charge in [-0.1, -0.05) is 64.5 Å². The summed E-state index contributed by atoms with van der Waals surface area (Å²) in [5.41, 5.74) is 2.38. The highest BCUT2D eigenvalue weighted by Crippen LogP contribution is 2.25. The van der Waals surface area contributed by atoms with Crippen LogP contribution in [0.4, 0.5) is 0 Å². The molecule has 0 bridgehead atoms. The van der Waals surface area contributed by atoms with Gasteiger partial charge in [-0.05, 0) is 29.7 Å². The van der Waals surface area contributed by atoms with E-state index >= 15 is 0 Å². The Kier molecular flexibility index (Phi) is 8.09. The molecule has 1 heterocycles. The van der Waals surface area contributed by atoms with E-state index in [-0.39, 0.29) is 18.3 Å². The lowest BCUT2D eigenvalue weighted by molar-refractivity contribution is -0.110. The van der Waals surface area contributed by atoms with Gasteiger partial charge in [-0.15, -0.1) is 6.58 Å². The van der Waals surface area contributed by atoms with Crippen molar-refractivity contribution >= 4 is 15.9 Å². The fourth-order valence-corrected chi connectivity index (χ4v) is 3.52. The van der Waals surface area contributed by atoms with Gasteiger partial charge in [-0.3, -0.25) is 0 Å². The fourth-order valence-electron chi connectivity index (χ4n) is 3.25. The third-order valence-corrected chi connectivity index (χ3v) is 5.27. The van der Waals surface area contributed by atoms with E-state index in [0.717, 1.165) is 23.7 Å². The number of hydrogen-bond acceptors (Lipinski definition) is 3. The van der Waals surface area contributed by atoms with Gasteiger partial charge in [-0.25, -0.2) is 0 Å². The number of hydrogen-bond donors (Lipinski definition) is 0. The minimum absolute atomic E-state index is 0.0518. The Morgan fingerprint density at radius 3 is 2.48 bits per heavy atom. The maximum atomic E-state index is 6.15. The van der Waals surface area contributed by atoms with Crippen LogP contribution in [0.5, 0.6) is 0 Å². The van der Waals surface area contributed by atoms with Gasteiger partial charge >= 0.3 is 0 Å². The molecule has 3 atom stereocenters. The first-order valence-corrected chi connectivity index (χ1v) is 10.3. The standard InChI is InChI=1S/C23H27BrO3/c1-2-21-14-23(26-17-18-6-4-3-5-7-18)15-22(27-21)12-13-25-16-19-8-10-20(24)11-9-19/h2-11,21-23H,1,12-17H2/t21-,22+,23-/m1/s1. The Balaban J connectivity index is 1.42. The van der Waals surface area contributed by atoms with E-state index in [0.29, 0.717) is 19.8 Å². The average molecular weight is 431 g/mol. The van der Waals surface area contributed by atoms with Gasteiger partial charge in [0.25, 0.3) is 0 Å². The van der Waals surface area contributed by atoms with E-state index in [9.17, 15) is 0 Å². The topological polar surface area (TPSA) is 27.7 Å². The van der Waals surface area contributed by atoms with Gasteiger partial charge in [0.1, 0.15) is 0 Å². The summed E-state index contributed by atoms with van der Waals surface area (Å²) in [5, 5.41) is 0. The summed E-state index contributed by atoms with van der Waals surface area (Å²) in [5.74, 6) is 0. The molecule has 2 aromatic carbocycles. The van der Waals surface area contributed by atoms with Gasteiger partial charge in [-0.2, -0.15) is 0 Å². The number of halogens is 1. The highest BCUT2D eigenvalue weighted by molar-refractivity contribution is 9.10. The van der Waals surface area contributed by atoms with E-state index in [1.165, 1.54) is 11.1 Å². The molecule has 0 aromatic heterocycles. The summed E-state index contributed by atoms with van der Waals surface area (Å²) in [6.07, 6.45) is 4.91. The number of rotatable bonds is 9. The van der Waals surface area contributed by atoms with Crippen LogP contribution in [0.1, 0.15) is 30.4 Å². The van der Waals surface area contributed by atoms with Crippen LogP contribution in [0.25, 0.3) is 0 Å². The molecular formula is C23H27BrO3. The quantitative estimate of drug-likeness (QED) is 0.378. The van der Waals surface area contributed by atoms with Crippen LogP contribution in [0, 0.1) is 0 Å². The molecule has 0 N–H and O–H groups in total. The highest BCUT2D eigenvalue weighted by atomic mass is 79.9. The lowest BCUT2D eigenvalue weighted by Crippen LogP contribution is -2.36. The summed E-state index contributed by atoms with van der Waals surface area (Å²) in [7, 11) is 0. The predicted octanol–water partition coefficient (Wildman–Crippen LogP) is 5.67. The van der Waals surface area contributed by atoms with Crippen molar-refractivity contribution in [2.24, 2.45) is 0 Å². The molecule has 1 aliphatic heterocycles. The molecular weight excluding hydrogens is 404 g/mol. The molecule has 2 aromatic rings. The molecule has 0 aliphatic carbocycles. The van der Waals surface area contributed by atoms with Crippen LogP contribution in [-0.2, 0) is 27.4 Å². The van der Waals surface area contributed by atoms with Gasteiger partial charge < -0.3 is 14.2 Å². The van der Waals surface area contributed by atoms with E-state index in [2.05, 4.69) is 46.8 Å². The zero-order chi connectivity index (χ0) is 18.9. The van der Waals surface area contributed by atoms with Crippen molar-refractivity contribution in [3.8, 4) is 0 Å². The molecule has 0 spiro atoms. The first-order valence-electron chi connectivity index (χ1n) is 9.48. The van der Waals surface area contributed by atoms with Crippen LogP contribution in [0.2, 0.25) is 0 Å². The molecule has 0 radical (unpaired) electrons. The summed E-state index contributed by atoms with van der Waals surface area (Å²) in [4.78, 5) is 0. The smallest absolute Gasteiger partial charge is 0.0781 e. The van der Waals surface area contributed by atoms with E-state index < -0.39 is 0 Å². The van der Waals surface area contributed by atoms with Crippen LogP contribution in [0.3, 0.4) is 0 Å². The Morgan fingerprint density at radius 2 is 1.74 bits per heavy atom. The predicted molar refractivity (Wildman–Crippen MR) is 112 cm³/mol. The largest absolute Gasteiger partial charge is 0.377 e. The van der Waals surface area contributed by atoms with Crippen molar-refractivity contribution in [2.75, 3.05) is 6.61 Å². The van der Waals surface area contributed by atoms with E-state index in [1.54, 1.807) is 0 Å². The number of benzene rings is 2. The molecule has 1 aliphatic rings. The zero-order valence-corrected chi connectivity index (χ0v) is 17.1. The van der Waals surface area contributed by atoms with Crippen molar-refractivity contribution in [2.45, 2.75) is 50.8 Å². The maximum absolute atomic E-state index is 6.15. The molecule has 0 saturated carbocycles. The molecule has 4 heteroatoms. The third-order valence-electron chi connectivity index (χ3n) is 4.75. The van der Waals surface area contributed by atoms with Gasteiger partial charge in [0.15, 0.2) is 0 Å². The van der Waals surface area contributed by atoms with Crippen molar-refractivity contribution < 1.29 is 14.2 Å². The number of ether oxygens (including phenoxy) is 3. The lowest BCUT2D eigenvalue weighted by Gasteiger charge is -2.34. The molecule has 1 saturated heterocycles. The summed E-state index contributed by atoms with van der Waals surface area (Å²) in [6, 6.07) is 18.5. The first kappa shape index (κ1) is 20.3. The molecule has 1 fully saturated rings. The fraction of sp³-hybridized carbons (Fsp3) is 0.391. The SMILES string of the molecule is C=C[C@@H]1C[C@@H](OCc2ccccc2)C[C@H](CCOCc2ccc(Br)cc2)O1. The minimum atomic E-state index is 0.0518. The van der Waals surface area contributed by atoms with E-state index in [4.69, 9.17) is 14.2 Å². The Hall–Kier alpha value is -1.46. The Morgan fingerprint density at radius 1 is 1.00 bits per heavy atom. The van der Waals surface area contributed by atoms with Crippen LogP contribution in [0.15, 0.2) is 71.7 Å². The van der Waals surface area contributed by atoms with Crippen LogP contribution < -0.4 is 0 Å². The van der Waals surface area contributed by atoms with Crippen LogP contribution >= 0.6 is 15.9 Å². The summed E-state index contributed by atoms with van der Waals surface area (Å²) in [6.45, 7) is 5.84. The van der Waals surface area contributed by atoms with Crippen molar-refractivity contribution in [1.82, 2.24) is 0 Å². The van der Waals surface area contributed by atoms with Crippen molar-refractivity contribution in [3.63, 3.8) is 0 Å². The zero-order valence-electron chi connectivity index (χ0n) is 15.6. The van der Waals surface area contributed by atoms with Crippen LogP contribution in [-0.4, -0.2) is 24.9 Å². The second kappa shape index (κ2) is 10.8. The average Bonchev–Trinajstić information content (AvgIpc) is 2.71. The van der Waals surface area contributed by atoms with E-state index in [1.807, 2.05) is 36.4 Å². The second-order valence-corrected chi connectivity index (χ2v) is 7.81. The molecule has 27 heavy (non-hydrogen) atoms. The molecule has 3 nitrogen and oxygen atoms in total. The monoisotopic (exact) mass is 430 g/mol. The molecule has 0 unspecified atom stereocenters. The summed E-state index contributed by atoms with van der Waals surface area (Å²) >= 11 is 3.45. The highest BCUT2D eigenvalue weighted by Gasteiger charge is 2.28. The Bertz CT molecular complexity index is 687. The third kappa shape index (κ3) is 6.89.